The van der Waals surface area contributed by atoms with Crippen LogP contribution in [0.3, 0.4) is 0 Å². The molecule has 11 heteroatoms. The normalized spacial score (nSPS) is 26.1. The van der Waals surface area contributed by atoms with Crippen LogP contribution in [0.15, 0.2) is 65.6 Å². The number of hydrogen-bond donors (Lipinski definition) is 0. The van der Waals surface area contributed by atoms with E-state index in [1.807, 2.05) is 6.07 Å². The van der Waals surface area contributed by atoms with Crippen LogP contribution >= 0.6 is 11.6 Å². The first-order valence-electron chi connectivity index (χ1n) is 14.3. The molecule has 2 aliphatic carbocycles. The van der Waals surface area contributed by atoms with E-state index in [4.69, 9.17) is 16.3 Å². The Morgan fingerprint density at radius 2 is 1.72 bits per heavy atom. The van der Waals surface area contributed by atoms with Crippen molar-refractivity contribution in [3.63, 3.8) is 0 Å². The number of benzene rings is 3. The Hall–Kier alpha value is -2.82. The summed E-state index contributed by atoms with van der Waals surface area (Å²) in [4.78, 5) is 13.3. The van der Waals surface area contributed by atoms with Crippen molar-refractivity contribution >= 4 is 37.1 Å². The van der Waals surface area contributed by atoms with E-state index < -0.39 is 42.0 Å². The summed E-state index contributed by atoms with van der Waals surface area (Å²) >= 11 is 6.15. The summed E-state index contributed by atoms with van der Waals surface area (Å²) in [5, 5.41) is 0.242. The van der Waals surface area contributed by atoms with Crippen LogP contribution in [0.25, 0.3) is 0 Å². The van der Waals surface area contributed by atoms with E-state index in [1.54, 1.807) is 18.2 Å². The number of hydrogen-bond acceptors (Lipinski definition) is 6. The zero-order valence-electron chi connectivity index (χ0n) is 23.3. The highest BCUT2D eigenvalue weighted by Gasteiger charge is 2.60. The number of carbonyl (C=O) groups is 1. The fourth-order valence-corrected chi connectivity index (χ4v) is 11.9. The van der Waals surface area contributed by atoms with Crippen LogP contribution in [0.2, 0.25) is 5.02 Å². The molecule has 2 fully saturated rings. The van der Waals surface area contributed by atoms with Gasteiger partial charge in [-0.25, -0.2) is 25.6 Å². The first-order valence-corrected chi connectivity index (χ1v) is 18.0. The Labute approximate surface area is 255 Å². The summed E-state index contributed by atoms with van der Waals surface area (Å²) in [6.07, 6.45) is 2.32. The molecule has 3 aromatic rings. The quantitative estimate of drug-likeness (QED) is 0.269. The first-order chi connectivity index (χ1) is 20.4. The van der Waals surface area contributed by atoms with E-state index in [9.17, 15) is 30.4 Å². The molecule has 1 aliphatic heterocycles. The summed E-state index contributed by atoms with van der Waals surface area (Å²) in [5.74, 6) is -1.87. The smallest absolute Gasteiger partial charge is 0.188 e. The molecule has 1 saturated carbocycles. The minimum atomic E-state index is -4.04. The predicted molar refractivity (Wildman–Crippen MR) is 158 cm³/mol. The van der Waals surface area contributed by atoms with Gasteiger partial charge in [0.05, 0.1) is 21.4 Å². The number of Topliss-reactive ketones (excluding diaryl/α,β-unsaturated/α-hetero) is 1. The van der Waals surface area contributed by atoms with Crippen LogP contribution in [0.5, 0.6) is 5.75 Å². The maximum absolute atomic E-state index is 14.5. The van der Waals surface area contributed by atoms with E-state index in [2.05, 4.69) is 0 Å². The Kier molecular flexibility index (Phi) is 7.92. The molecule has 0 aromatic heterocycles. The molecule has 1 saturated heterocycles. The lowest BCUT2D eigenvalue weighted by Gasteiger charge is -2.42. The molecule has 4 atom stereocenters. The van der Waals surface area contributed by atoms with Crippen molar-refractivity contribution < 1.29 is 35.1 Å². The van der Waals surface area contributed by atoms with E-state index >= 15 is 0 Å². The van der Waals surface area contributed by atoms with Gasteiger partial charge in [0.15, 0.2) is 19.7 Å². The average Bonchev–Trinajstić information content (AvgIpc) is 3.53. The number of fused-ring (bicyclic) bond motifs is 3. The molecule has 228 valence electrons. The van der Waals surface area contributed by atoms with Gasteiger partial charge in [0.2, 0.25) is 0 Å². The zero-order valence-corrected chi connectivity index (χ0v) is 25.7. The highest BCUT2D eigenvalue weighted by atomic mass is 35.5. The molecule has 2 unspecified atom stereocenters. The summed E-state index contributed by atoms with van der Waals surface area (Å²) in [6.45, 7) is 0.0978. The number of rotatable bonds is 8. The third-order valence-electron chi connectivity index (χ3n) is 9.48. The number of carbonyl (C=O) groups excluding carboxylic acids is 1. The van der Waals surface area contributed by atoms with Gasteiger partial charge in [-0.3, -0.25) is 4.79 Å². The van der Waals surface area contributed by atoms with Crippen LogP contribution in [0, 0.1) is 29.4 Å². The second kappa shape index (κ2) is 11.3. The van der Waals surface area contributed by atoms with Crippen LogP contribution in [0.1, 0.15) is 48.8 Å². The molecule has 6 nitrogen and oxygen atoms in total. The topological polar surface area (TPSA) is 94.6 Å². The second-order valence-corrected chi connectivity index (χ2v) is 16.7. The fraction of sp³-hybridized carbons (Fsp3) is 0.406. The summed E-state index contributed by atoms with van der Waals surface area (Å²) in [7, 11) is -7.27. The van der Waals surface area contributed by atoms with E-state index in [0.717, 1.165) is 17.7 Å². The van der Waals surface area contributed by atoms with Crippen molar-refractivity contribution in [1.29, 1.82) is 0 Å². The lowest BCUT2D eigenvalue weighted by Crippen LogP contribution is -2.44. The van der Waals surface area contributed by atoms with Crippen molar-refractivity contribution in [2.45, 2.75) is 54.8 Å². The molecular weight excluding hydrogens is 618 g/mol. The second-order valence-electron chi connectivity index (χ2n) is 11.9. The SMILES string of the molecule is O=C(CC1CC[C@@]2(S(=O)(=O)c3ccc(F)cc3)c3ccc(OCc4ccc(F)cc4Cl)cc3CC[C@@H]12)C1CCS(=O)(=O)C1. The van der Waals surface area contributed by atoms with Gasteiger partial charge in [-0.05, 0) is 104 Å². The molecule has 6 rings (SSSR count). The van der Waals surface area contributed by atoms with Crippen molar-refractivity contribution in [3.05, 3.63) is 94.0 Å². The average molecular weight is 649 g/mol. The number of ether oxygens (including phenoxy) is 1. The third-order valence-corrected chi connectivity index (χ3v) is 14.2. The van der Waals surface area contributed by atoms with Gasteiger partial charge in [0, 0.05) is 17.9 Å². The number of halogens is 3. The summed E-state index contributed by atoms with van der Waals surface area (Å²) in [5.41, 5.74) is 2.08. The highest BCUT2D eigenvalue weighted by Crippen LogP contribution is 2.60. The lowest BCUT2D eigenvalue weighted by atomic mass is 9.72. The number of ketones is 1. The van der Waals surface area contributed by atoms with E-state index in [-0.39, 0.29) is 58.5 Å². The van der Waals surface area contributed by atoms with Crippen LogP contribution < -0.4 is 4.74 Å². The standard InChI is InChI=1S/C32H31ClF2O6S2/c33-30-17-25(35)3-1-22(30)18-41-26-6-10-29-20(15-26)2-9-28-21(16-31(36)23-12-14-42(37,38)19-23)11-13-32(28,29)43(39,40)27-7-4-24(34)5-8-27/h1,3-8,10,15,17,21,23,28H,2,9,11-14,16,18-19H2/t21?,23?,28-,32-/m0/s1. The lowest BCUT2D eigenvalue weighted by molar-refractivity contribution is -0.123. The van der Waals surface area contributed by atoms with Gasteiger partial charge in [0.25, 0.3) is 0 Å². The van der Waals surface area contributed by atoms with Crippen LogP contribution in [0.4, 0.5) is 8.78 Å². The molecule has 0 spiro atoms. The minimum Gasteiger partial charge on any atom is -0.489 e. The molecule has 1 heterocycles. The van der Waals surface area contributed by atoms with Crippen molar-refractivity contribution in [2.75, 3.05) is 11.5 Å². The monoisotopic (exact) mass is 648 g/mol. The molecule has 0 N–H and O–H groups in total. The number of sulfone groups is 2. The highest BCUT2D eigenvalue weighted by molar-refractivity contribution is 7.92. The van der Waals surface area contributed by atoms with E-state index in [0.29, 0.717) is 42.6 Å². The van der Waals surface area contributed by atoms with Gasteiger partial charge in [-0.1, -0.05) is 23.7 Å². The molecular formula is C32H31ClF2O6S2. The zero-order chi connectivity index (χ0) is 30.6. The van der Waals surface area contributed by atoms with Crippen LogP contribution in [-0.2, 0) is 42.2 Å². The Morgan fingerprint density at radius 1 is 0.977 bits per heavy atom. The Morgan fingerprint density at radius 3 is 2.42 bits per heavy atom. The molecule has 0 radical (unpaired) electrons. The Bertz CT molecular complexity index is 1790. The summed E-state index contributed by atoms with van der Waals surface area (Å²) < 4.78 is 85.0. The van der Waals surface area contributed by atoms with Gasteiger partial charge >= 0.3 is 0 Å². The maximum atomic E-state index is 14.5. The molecule has 0 amide bonds. The molecule has 3 aliphatic rings. The Balaban J connectivity index is 1.34. The summed E-state index contributed by atoms with van der Waals surface area (Å²) in [6, 6.07) is 14.2. The minimum absolute atomic E-state index is 0.00549. The first kappa shape index (κ1) is 30.2. The van der Waals surface area contributed by atoms with Crippen molar-refractivity contribution in [3.8, 4) is 5.75 Å². The number of aryl methyl sites for hydroxylation is 1. The van der Waals surface area contributed by atoms with Gasteiger partial charge in [0.1, 0.15) is 34.5 Å². The largest absolute Gasteiger partial charge is 0.489 e. The van der Waals surface area contributed by atoms with E-state index in [1.165, 1.54) is 24.3 Å². The molecule has 3 aromatic carbocycles. The van der Waals surface area contributed by atoms with Gasteiger partial charge < -0.3 is 4.74 Å². The van der Waals surface area contributed by atoms with Gasteiger partial charge in [-0.2, -0.15) is 0 Å². The van der Waals surface area contributed by atoms with Crippen LogP contribution in [-0.4, -0.2) is 34.1 Å². The maximum Gasteiger partial charge on any atom is 0.188 e. The van der Waals surface area contributed by atoms with Gasteiger partial charge in [-0.15, -0.1) is 0 Å². The van der Waals surface area contributed by atoms with Crippen molar-refractivity contribution in [2.24, 2.45) is 17.8 Å². The molecule has 43 heavy (non-hydrogen) atoms. The predicted octanol–water partition coefficient (Wildman–Crippen LogP) is 6.23. The van der Waals surface area contributed by atoms with Crippen molar-refractivity contribution in [1.82, 2.24) is 0 Å². The molecule has 0 bridgehead atoms. The fourth-order valence-electron chi connectivity index (χ4n) is 7.38. The third kappa shape index (κ3) is 5.51.